The second-order valence-corrected chi connectivity index (χ2v) is 3.90. The topological polar surface area (TPSA) is 38.9 Å². The third-order valence-electron chi connectivity index (χ3n) is 2.63. The normalized spacial score (nSPS) is 33.4. The lowest BCUT2D eigenvalue weighted by Gasteiger charge is -2.09. The summed E-state index contributed by atoms with van der Waals surface area (Å²) >= 11 is 5.67. The number of nitrogens with zero attached hydrogens (tertiary/aromatic N) is 1. The zero-order valence-corrected chi connectivity index (χ0v) is 7.67. The van der Waals surface area contributed by atoms with Crippen molar-refractivity contribution >= 4 is 11.6 Å². The lowest BCUT2D eigenvalue weighted by atomic mass is 10.1. The molecule has 2 unspecified atom stereocenters. The molecular formula is C9H11ClN2. The van der Waals surface area contributed by atoms with Crippen molar-refractivity contribution in [1.82, 2.24) is 4.98 Å². The predicted octanol–water partition coefficient (Wildman–Crippen LogP) is 1.93. The Balaban J connectivity index is 2.31. The molecule has 2 nitrogen and oxygen atoms in total. The van der Waals surface area contributed by atoms with Gasteiger partial charge in [0.25, 0.3) is 0 Å². The van der Waals surface area contributed by atoms with Gasteiger partial charge in [-0.2, -0.15) is 0 Å². The van der Waals surface area contributed by atoms with E-state index in [4.69, 9.17) is 17.3 Å². The Labute approximate surface area is 76.7 Å². The van der Waals surface area contributed by atoms with Gasteiger partial charge in [0.15, 0.2) is 0 Å². The molecule has 0 spiro atoms. The first-order valence-corrected chi connectivity index (χ1v) is 4.41. The highest BCUT2D eigenvalue weighted by molar-refractivity contribution is 6.29. The van der Waals surface area contributed by atoms with Crippen molar-refractivity contribution < 1.29 is 0 Å². The van der Waals surface area contributed by atoms with E-state index in [1.54, 1.807) is 12.3 Å². The van der Waals surface area contributed by atoms with Crippen LogP contribution in [0.25, 0.3) is 0 Å². The number of rotatable bonds is 1. The Morgan fingerprint density at radius 3 is 2.75 bits per heavy atom. The molecule has 3 heteroatoms. The van der Waals surface area contributed by atoms with Gasteiger partial charge in [-0.25, -0.2) is 4.98 Å². The molecule has 12 heavy (non-hydrogen) atoms. The van der Waals surface area contributed by atoms with Crippen LogP contribution in [0.3, 0.4) is 0 Å². The van der Waals surface area contributed by atoms with Gasteiger partial charge in [0.05, 0.1) is 0 Å². The number of nitrogens with two attached hydrogens (primary N) is 1. The van der Waals surface area contributed by atoms with E-state index in [0.717, 1.165) is 12.0 Å². The second-order valence-electron chi connectivity index (χ2n) is 3.52. The molecule has 2 N–H and O–H groups in total. The lowest BCUT2D eigenvalue weighted by molar-refractivity contribution is 0.661. The van der Waals surface area contributed by atoms with E-state index < -0.39 is 0 Å². The third-order valence-corrected chi connectivity index (χ3v) is 2.85. The van der Waals surface area contributed by atoms with Crippen LogP contribution in [-0.2, 0) is 5.54 Å². The van der Waals surface area contributed by atoms with Gasteiger partial charge in [0.2, 0.25) is 0 Å². The van der Waals surface area contributed by atoms with E-state index in [0.29, 0.717) is 11.1 Å². The summed E-state index contributed by atoms with van der Waals surface area (Å²) in [5, 5.41) is 0.524. The average molecular weight is 183 g/mol. The van der Waals surface area contributed by atoms with Crippen LogP contribution in [0.1, 0.15) is 18.9 Å². The minimum Gasteiger partial charge on any atom is -0.321 e. The molecule has 1 fully saturated rings. The van der Waals surface area contributed by atoms with Crippen LogP contribution < -0.4 is 5.73 Å². The highest BCUT2D eigenvalue weighted by atomic mass is 35.5. The number of hydrogen-bond acceptors (Lipinski definition) is 2. The summed E-state index contributed by atoms with van der Waals surface area (Å²) in [5.41, 5.74) is 7.05. The molecule has 0 aromatic carbocycles. The fourth-order valence-electron chi connectivity index (χ4n) is 1.50. The summed E-state index contributed by atoms with van der Waals surface area (Å²) in [6.07, 6.45) is 2.82. The first-order valence-electron chi connectivity index (χ1n) is 4.04. The largest absolute Gasteiger partial charge is 0.321 e. The molecule has 0 saturated heterocycles. The molecular weight excluding hydrogens is 172 g/mol. The number of aromatic nitrogens is 1. The van der Waals surface area contributed by atoms with Crippen molar-refractivity contribution in [3.63, 3.8) is 0 Å². The minimum atomic E-state index is -0.127. The monoisotopic (exact) mass is 182 g/mol. The molecule has 2 rings (SSSR count). The fraction of sp³-hybridized carbons (Fsp3) is 0.444. The van der Waals surface area contributed by atoms with Crippen LogP contribution in [0.15, 0.2) is 18.3 Å². The van der Waals surface area contributed by atoms with Crippen molar-refractivity contribution in [2.24, 2.45) is 11.7 Å². The number of halogens is 1. The Morgan fingerprint density at radius 2 is 2.33 bits per heavy atom. The molecule has 1 aliphatic rings. The molecule has 1 aliphatic carbocycles. The maximum absolute atomic E-state index is 6.08. The summed E-state index contributed by atoms with van der Waals surface area (Å²) in [5.74, 6) is 0.570. The smallest absolute Gasteiger partial charge is 0.129 e. The Bertz CT molecular complexity index is 296. The van der Waals surface area contributed by atoms with Crippen molar-refractivity contribution in [2.75, 3.05) is 0 Å². The average Bonchev–Trinajstić information content (AvgIpc) is 2.62. The van der Waals surface area contributed by atoms with Crippen LogP contribution in [0.5, 0.6) is 0 Å². The lowest BCUT2D eigenvalue weighted by Crippen LogP contribution is -2.21. The fourth-order valence-corrected chi connectivity index (χ4v) is 1.61. The van der Waals surface area contributed by atoms with Gasteiger partial charge in [-0.15, -0.1) is 0 Å². The van der Waals surface area contributed by atoms with Gasteiger partial charge in [0.1, 0.15) is 5.15 Å². The zero-order valence-electron chi connectivity index (χ0n) is 6.92. The molecule has 0 bridgehead atoms. The minimum absolute atomic E-state index is 0.127. The molecule has 2 atom stereocenters. The van der Waals surface area contributed by atoms with Crippen molar-refractivity contribution in [2.45, 2.75) is 18.9 Å². The van der Waals surface area contributed by atoms with Gasteiger partial charge in [-0.05, 0) is 24.0 Å². The van der Waals surface area contributed by atoms with Gasteiger partial charge >= 0.3 is 0 Å². The Hall–Kier alpha value is -0.600. The zero-order chi connectivity index (χ0) is 8.77. The second kappa shape index (κ2) is 2.44. The summed E-state index contributed by atoms with van der Waals surface area (Å²) in [6.45, 7) is 2.15. The van der Waals surface area contributed by atoms with Crippen molar-refractivity contribution in [3.8, 4) is 0 Å². The number of pyridine rings is 1. The van der Waals surface area contributed by atoms with Gasteiger partial charge in [-0.1, -0.05) is 24.6 Å². The summed E-state index contributed by atoms with van der Waals surface area (Å²) < 4.78 is 0. The molecule has 0 amide bonds. The van der Waals surface area contributed by atoms with Crippen LogP contribution in [0.2, 0.25) is 5.15 Å². The maximum atomic E-state index is 6.08. The molecule has 0 aliphatic heterocycles. The predicted molar refractivity (Wildman–Crippen MR) is 48.9 cm³/mol. The summed E-state index contributed by atoms with van der Waals surface area (Å²) in [6, 6.07) is 3.75. The van der Waals surface area contributed by atoms with Crippen LogP contribution in [0, 0.1) is 5.92 Å². The van der Waals surface area contributed by atoms with E-state index in [-0.39, 0.29) is 5.54 Å². The quantitative estimate of drug-likeness (QED) is 0.675. The molecule has 0 radical (unpaired) electrons. The van der Waals surface area contributed by atoms with Gasteiger partial charge in [-0.3, -0.25) is 0 Å². The van der Waals surface area contributed by atoms with E-state index in [1.165, 1.54) is 0 Å². The highest BCUT2D eigenvalue weighted by Crippen LogP contribution is 2.48. The van der Waals surface area contributed by atoms with Crippen LogP contribution in [0.4, 0.5) is 0 Å². The highest BCUT2D eigenvalue weighted by Gasteiger charge is 2.48. The molecule has 1 aromatic rings. The Morgan fingerprint density at radius 1 is 1.67 bits per heavy atom. The van der Waals surface area contributed by atoms with E-state index in [1.807, 2.05) is 6.07 Å². The first kappa shape index (κ1) is 8.02. The van der Waals surface area contributed by atoms with Crippen LogP contribution >= 0.6 is 11.6 Å². The maximum Gasteiger partial charge on any atom is 0.129 e. The third kappa shape index (κ3) is 1.11. The number of hydrogen-bond donors (Lipinski definition) is 1. The van der Waals surface area contributed by atoms with Gasteiger partial charge < -0.3 is 5.73 Å². The van der Waals surface area contributed by atoms with Crippen molar-refractivity contribution in [1.29, 1.82) is 0 Å². The van der Waals surface area contributed by atoms with E-state index in [9.17, 15) is 0 Å². The molecule has 1 saturated carbocycles. The molecule has 64 valence electrons. The van der Waals surface area contributed by atoms with E-state index in [2.05, 4.69) is 11.9 Å². The SMILES string of the molecule is CC1CC1(N)c1ccc(Cl)nc1. The standard InChI is InChI=1S/C9H11ClN2/c1-6-4-9(6,11)7-2-3-8(10)12-5-7/h2-3,5-6H,4,11H2,1H3. The summed E-state index contributed by atoms with van der Waals surface area (Å²) in [4.78, 5) is 4.01. The van der Waals surface area contributed by atoms with E-state index >= 15 is 0 Å². The Kier molecular flexibility index (Phi) is 1.63. The first-order chi connectivity index (χ1) is 5.63. The van der Waals surface area contributed by atoms with Crippen LogP contribution in [-0.4, -0.2) is 4.98 Å². The van der Waals surface area contributed by atoms with Gasteiger partial charge in [0, 0.05) is 11.7 Å². The molecule has 1 aromatic heterocycles. The van der Waals surface area contributed by atoms with Crippen molar-refractivity contribution in [3.05, 3.63) is 29.0 Å². The summed E-state index contributed by atoms with van der Waals surface area (Å²) in [7, 11) is 0. The molecule has 1 heterocycles.